The first-order valence-corrected chi connectivity index (χ1v) is 7.79. The number of nitrogens with zero attached hydrogens (tertiary/aromatic N) is 2. The minimum atomic E-state index is 0.0153. The van der Waals surface area contributed by atoms with Crippen LogP contribution in [0, 0.1) is 0 Å². The topological polar surface area (TPSA) is 49.9 Å². The maximum Gasteiger partial charge on any atom is 0.253 e. The number of hydrogen-bond donors (Lipinski definition) is 0. The highest BCUT2D eigenvalue weighted by atomic mass is 16.5. The lowest BCUT2D eigenvalue weighted by molar-refractivity contribution is -0.128. The molecule has 0 radical (unpaired) electrons. The summed E-state index contributed by atoms with van der Waals surface area (Å²) in [6, 6.07) is 7.25. The zero-order valence-corrected chi connectivity index (χ0v) is 13.5. The normalized spacial score (nSPS) is 15.6. The van der Waals surface area contributed by atoms with E-state index in [-0.39, 0.29) is 17.9 Å². The van der Waals surface area contributed by atoms with Crippen LogP contribution in [0.25, 0.3) is 0 Å². The van der Waals surface area contributed by atoms with Gasteiger partial charge >= 0.3 is 0 Å². The van der Waals surface area contributed by atoms with E-state index in [1.54, 1.807) is 24.0 Å². The highest BCUT2D eigenvalue weighted by Crippen LogP contribution is 2.16. The molecule has 1 fully saturated rings. The number of carbonyl (C=O) groups is 2. The van der Waals surface area contributed by atoms with E-state index in [9.17, 15) is 9.59 Å². The van der Waals surface area contributed by atoms with Gasteiger partial charge in [0.2, 0.25) is 5.91 Å². The Kier molecular flexibility index (Phi) is 5.41. The number of benzene rings is 1. The molecule has 1 saturated heterocycles. The number of ether oxygens (including phenoxy) is 1. The maximum absolute atomic E-state index is 12.5. The lowest BCUT2D eigenvalue weighted by atomic mass is 10.2. The van der Waals surface area contributed by atoms with Crippen LogP contribution in [0.1, 0.15) is 37.6 Å². The number of amides is 2. The molecule has 0 bridgehead atoms. The molecular weight excluding hydrogens is 280 g/mol. The van der Waals surface area contributed by atoms with Gasteiger partial charge in [-0.1, -0.05) is 0 Å². The molecule has 1 aromatic carbocycles. The van der Waals surface area contributed by atoms with Crippen molar-refractivity contribution in [3.8, 4) is 5.75 Å². The molecule has 0 atom stereocenters. The maximum atomic E-state index is 12.5. The molecule has 5 nitrogen and oxygen atoms in total. The first kappa shape index (κ1) is 16.3. The molecule has 1 aliphatic heterocycles. The zero-order valence-electron chi connectivity index (χ0n) is 13.5. The summed E-state index contributed by atoms with van der Waals surface area (Å²) >= 11 is 0. The number of rotatable bonds is 3. The second kappa shape index (κ2) is 7.29. The van der Waals surface area contributed by atoms with Crippen molar-refractivity contribution in [1.82, 2.24) is 9.80 Å². The first-order chi connectivity index (χ1) is 10.5. The van der Waals surface area contributed by atoms with Crippen LogP contribution in [0.3, 0.4) is 0 Å². The summed E-state index contributed by atoms with van der Waals surface area (Å²) in [5, 5.41) is 0. The minimum absolute atomic E-state index is 0.0153. The summed E-state index contributed by atoms with van der Waals surface area (Å²) in [7, 11) is 0. The summed E-state index contributed by atoms with van der Waals surface area (Å²) in [5.74, 6) is 0.858. The average molecular weight is 304 g/mol. The highest BCUT2D eigenvalue weighted by molar-refractivity contribution is 5.94. The van der Waals surface area contributed by atoms with Gasteiger partial charge in [-0.2, -0.15) is 0 Å². The molecule has 22 heavy (non-hydrogen) atoms. The van der Waals surface area contributed by atoms with Crippen molar-refractivity contribution in [1.29, 1.82) is 0 Å². The Morgan fingerprint density at radius 2 is 1.59 bits per heavy atom. The van der Waals surface area contributed by atoms with Gasteiger partial charge < -0.3 is 14.5 Å². The summed E-state index contributed by atoms with van der Waals surface area (Å²) in [4.78, 5) is 27.6. The van der Waals surface area contributed by atoms with E-state index in [4.69, 9.17) is 4.74 Å². The van der Waals surface area contributed by atoms with E-state index in [1.807, 2.05) is 30.9 Å². The Morgan fingerprint density at radius 1 is 1.00 bits per heavy atom. The second-order valence-corrected chi connectivity index (χ2v) is 5.84. The van der Waals surface area contributed by atoms with Crippen molar-refractivity contribution >= 4 is 11.8 Å². The monoisotopic (exact) mass is 304 g/mol. The van der Waals surface area contributed by atoms with Gasteiger partial charge in [0.1, 0.15) is 5.75 Å². The molecule has 0 unspecified atom stereocenters. The molecule has 0 N–H and O–H groups in total. The van der Waals surface area contributed by atoms with Gasteiger partial charge in [0.25, 0.3) is 5.91 Å². The molecule has 5 heteroatoms. The Bertz CT molecular complexity index is 525. The lowest BCUT2D eigenvalue weighted by Gasteiger charge is -2.21. The van der Waals surface area contributed by atoms with Crippen LogP contribution in [0.2, 0.25) is 0 Å². The number of hydrogen-bond acceptors (Lipinski definition) is 3. The van der Waals surface area contributed by atoms with Gasteiger partial charge in [-0.15, -0.1) is 0 Å². The summed E-state index contributed by atoms with van der Waals surface area (Å²) in [5.41, 5.74) is 0.660. The Balaban J connectivity index is 2.00. The van der Waals surface area contributed by atoms with E-state index < -0.39 is 0 Å². The molecule has 1 aromatic rings. The van der Waals surface area contributed by atoms with Crippen molar-refractivity contribution in [2.45, 2.75) is 33.3 Å². The van der Waals surface area contributed by atoms with Gasteiger partial charge in [0.15, 0.2) is 0 Å². The fourth-order valence-corrected chi connectivity index (χ4v) is 2.57. The fourth-order valence-electron chi connectivity index (χ4n) is 2.57. The van der Waals surface area contributed by atoms with Crippen molar-refractivity contribution < 1.29 is 14.3 Å². The molecule has 0 aromatic heterocycles. The van der Waals surface area contributed by atoms with E-state index in [0.717, 1.165) is 18.7 Å². The van der Waals surface area contributed by atoms with Crippen LogP contribution in [-0.4, -0.2) is 53.9 Å². The average Bonchev–Trinajstić information content (AvgIpc) is 2.72. The van der Waals surface area contributed by atoms with E-state index in [0.29, 0.717) is 25.2 Å². The summed E-state index contributed by atoms with van der Waals surface area (Å²) < 4.78 is 5.59. The molecule has 2 amide bonds. The molecule has 120 valence electrons. The largest absolute Gasteiger partial charge is 0.491 e. The SMILES string of the molecule is CC(=O)N1CCCN(C(=O)c2ccc(OC(C)C)cc2)CC1. The molecular formula is C17H24N2O3. The van der Waals surface area contributed by atoms with Gasteiger partial charge in [-0.25, -0.2) is 0 Å². The van der Waals surface area contributed by atoms with Crippen LogP contribution in [0.5, 0.6) is 5.75 Å². The van der Waals surface area contributed by atoms with Crippen LogP contribution in [-0.2, 0) is 4.79 Å². The third kappa shape index (κ3) is 4.23. The van der Waals surface area contributed by atoms with E-state index in [2.05, 4.69) is 0 Å². The quantitative estimate of drug-likeness (QED) is 0.860. The molecule has 1 heterocycles. The van der Waals surface area contributed by atoms with Crippen molar-refractivity contribution in [3.63, 3.8) is 0 Å². The molecule has 0 aliphatic carbocycles. The van der Waals surface area contributed by atoms with Crippen LogP contribution >= 0.6 is 0 Å². The predicted molar refractivity (Wildman–Crippen MR) is 85.0 cm³/mol. The smallest absolute Gasteiger partial charge is 0.253 e. The van der Waals surface area contributed by atoms with Gasteiger partial charge in [-0.3, -0.25) is 9.59 Å². The Morgan fingerprint density at radius 3 is 2.18 bits per heavy atom. The minimum Gasteiger partial charge on any atom is -0.491 e. The van der Waals surface area contributed by atoms with Gasteiger partial charge in [0.05, 0.1) is 6.10 Å². The number of carbonyl (C=O) groups excluding carboxylic acids is 2. The Hall–Kier alpha value is -2.04. The van der Waals surface area contributed by atoms with Gasteiger partial charge in [0, 0.05) is 38.7 Å². The standard InChI is InChI=1S/C17H24N2O3/c1-13(2)22-16-7-5-15(6-8-16)17(21)19-10-4-9-18(11-12-19)14(3)20/h5-8,13H,4,9-12H2,1-3H3. The lowest BCUT2D eigenvalue weighted by Crippen LogP contribution is -2.36. The molecule has 1 aliphatic rings. The summed E-state index contributed by atoms with van der Waals surface area (Å²) in [6.45, 7) is 8.12. The fraction of sp³-hybridized carbons (Fsp3) is 0.529. The van der Waals surface area contributed by atoms with Crippen molar-refractivity contribution in [2.24, 2.45) is 0 Å². The zero-order chi connectivity index (χ0) is 16.1. The van der Waals surface area contributed by atoms with Crippen LogP contribution in [0.4, 0.5) is 0 Å². The highest BCUT2D eigenvalue weighted by Gasteiger charge is 2.21. The Labute approximate surface area is 131 Å². The molecule has 0 spiro atoms. The van der Waals surface area contributed by atoms with E-state index in [1.165, 1.54) is 0 Å². The van der Waals surface area contributed by atoms with Crippen molar-refractivity contribution in [2.75, 3.05) is 26.2 Å². The van der Waals surface area contributed by atoms with Crippen LogP contribution in [0.15, 0.2) is 24.3 Å². The third-order valence-electron chi connectivity index (χ3n) is 3.70. The van der Waals surface area contributed by atoms with Crippen molar-refractivity contribution in [3.05, 3.63) is 29.8 Å². The van der Waals surface area contributed by atoms with Crippen LogP contribution < -0.4 is 4.74 Å². The predicted octanol–water partition coefficient (Wildman–Crippen LogP) is 2.17. The van der Waals surface area contributed by atoms with Gasteiger partial charge in [-0.05, 0) is 44.5 Å². The summed E-state index contributed by atoms with van der Waals surface area (Å²) in [6.07, 6.45) is 0.935. The molecule has 0 saturated carbocycles. The van der Waals surface area contributed by atoms with E-state index >= 15 is 0 Å². The second-order valence-electron chi connectivity index (χ2n) is 5.84. The third-order valence-corrected chi connectivity index (χ3v) is 3.70. The molecule has 2 rings (SSSR count). The first-order valence-electron chi connectivity index (χ1n) is 7.79.